The van der Waals surface area contributed by atoms with Gasteiger partial charge in [0.1, 0.15) is 11.0 Å². The predicted molar refractivity (Wildman–Crippen MR) is 102 cm³/mol. The number of nitrogens with zero attached hydrogens (tertiary/aromatic N) is 1. The Bertz CT molecular complexity index is 718. The van der Waals surface area contributed by atoms with Gasteiger partial charge in [0, 0.05) is 18.5 Å². The first-order valence-corrected chi connectivity index (χ1v) is 9.13. The quantitative estimate of drug-likeness (QED) is 0.524. The van der Waals surface area contributed by atoms with E-state index in [1.807, 2.05) is 54.6 Å². The highest BCUT2D eigenvalue weighted by atomic mass is 32.2. The van der Waals surface area contributed by atoms with Crippen LogP contribution in [0.25, 0.3) is 0 Å². The third kappa shape index (κ3) is 6.11. The van der Waals surface area contributed by atoms with Crippen molar-refractivity contribution in [3.63, 3.8) is 0 Å². The van der Waals surface area contributed by atoms with E-state index in [4.69, 9.17) is 9.47 Å². The van der Waals surface area contributed by atoms with Crippen molar-refractivity contribution >= 4 is 23.6 Å². The van der Waals surface area contributed by atoms with E-state index in [0.717, 1.165) is 16.2 Å². The molecule has 0 spiro atoms. The van der Waals surface area contributed by atoms with Crippen LogP contribution in [0.2, 0.25) is 0 Å². The topological polar surface area (TPSA) is 55.8 Å². The Labute approximate surface area is 158 Å². The molecule has 0 saturated heterocycles. The van der Waals surface area contributed by atoms with Crippen LogP contribution in [0.5, 0.6) is 5.75 Å². The highest BCUT2D eigenvalue weighted by molar-refractivity contribution is 8.00. The van der Waals surface area contributed by atoms with E-state index < -0.39 is 5.97 Å². The Hall–Kier alpha value is -2.47. The zero-order chi connectivity index (χ0) is 18.9. The number of benzene rings is 2. The van der Waals surface area contributed by atoms with Gasteiger partial charge in [-0.1, -0.05) is 30.3 Å². The normalized spacial score (nSPS) is 11.5. The zero-order valence-electron chi connectivity index (χ0n) is 15.2. The van der Waals surface area contributed by atoms with Crippen LogP contribution in [-0.2, 0) is 20.9 Å². The second kappa shape index (κ2) is 9.87. The first kappa shape index (κ1) is 19.8. The maximum atomic E-state index is 12.2. The average Bonchev–Trinajstić information content (AvgIpc) is 2.67. The monoisotopic (exact) mass is 373 g/mol. The van der Waals surface area contributed by atoms with Crippen molar-refractivity contribution < 1.29 is 19.1 Å². The number of rotatable bonds is 8. The van der Waals surface area contributed by atoms with Crippen LogP contribution in [0.15, 0.2) is 59.5 Å². The van der Waals surface area contributed by atoms with E-state index >= 15 is 0 Å². The molecule has 0 aliphatic rings. The van der Waals surface area contributed by atoms with Gasteiger partial charge in [0.2, 0.25) is 0 Å². The van der Waals surface area contributed by atoms with E-state index in [1.54, 1.807) is 21.1 Å². The summed E-state index contributed by atoms with van der Waals surface area (Å²) in [5.74, 6) is 0.123. The molecule has 26 heavy (non-hydrogen) atoms. The van der Waals surface area contributed by atoms with Crippen LogP contribution in [0.4, 0.5) is 0 Å². The Morgan fingerprint density at radius 1 is 1.08 bits per heavy atom. The largest absolute Gasteiger partial charge is 0.497 e. The van der Waals surface area contributed by atoms with Gasteiger partial charge in [-0.3, -0.25) is 9.59 Å². The highest BCUT2D eigenvalue weighted by Crippen LogP contribution is 2.23. The van der Waals surface area contributed by atoms with Crippen molar-refractivity contribution in [3.05, 3.63) is 60.2 Å². The molecule has 2 aromatic carbocycles. The molecule has 0 fully saturated rings. The minimum atomic E-state index is -0.398. The molecule has 1 amide bonds. The molecular weight excluding hydrogens is 350 g/mol. The van der Waals surface area contributed by atoms with Crippen molar-refractivity contribution in [1.82, 2.24) is 4.90 Å². The van der Waals surface area contributed by atoms with Crippen LogP contribution in [0.3, 0.4) is 0 Å². The highest BCUT2D eigenvalue weighted by Gasteiger charge is 2.18. The molecule has 1 atom stereocenters. The summed E-state index contributed by atoms with van der Waals surface area (Å²) in [5, 5.41) is -0.378. The van der Waals surface area contributed by atoms with Gasteiger partial charge in [-0.25, -0.2) is 0 Å². The second-order valence-electron chi connectivity index (χ2n) is 5.78. The molecule has 0 N–H and O–H groups in total. The number of likely N-dealkylation sites (N-methyl/N-ethyl adjacent to an activating group) is 1. The molecule has 6 heteroatoms. The van der Waals surface area contributed by atoms with E-state index in [9.17, 15) is 9.59 Å². The van der Waals surface area contributed by atoms with Crippen LogP contribution in [0, 0.1) is 0 Å². The standard InChI is InChI=1S/C20H23NO4S/c1-15(26-18-7-5-4-6-8-18)20(23)25-14-19(22)21(2)13-16-9-11-17(24-3)12-10-16/h4-12,15H,13-14H2,1-3H3. The molecule has 0 aliphatic carbocycles. The summed E-state index contributed by atoms with van der Waals surface area (Å²) in [7, 11) is 3.29. The van der Waals surface area contributed by atoms with Crippen LogP contribution in [0.1, 0.15) is 12.5 Å². The minimum Gasteiger partial charge on any atom is -0.497 e. The first-order valence-electron chi connectivity index (χ1n) is 8.25. The Morgan fingerprint density at radius 3 is 2.35 bits per heavy atom. The van der Waals surface area contributed by atoms with Crippen molar-refractivity contribution in [1.29, 1.82) is 0 Å². The van der Waals surface area contributed by atoms with Crippen molar-refractivity contribution in [2.75, 3.05) is 20.8 Å². The molecule has 1 unspecified atom stereocenters. The van der Waals surface area contributed by atoms with E-state index in [-0.39, 0.29) is 17.8 Å². The van der Waals surface area contributed by atoms with Crippen LogP contribution >= 0.6 is 11.8 Å². The second-order valence-corrected chi connectivity index (χ2v) is 7.19. The smallest absolute Gasteiger partial charge is 0.319 e. The molecule has 0 bridgehead atoms. The van der Waals surface area contributed by atoms with Gasteiger partial charge in [0.25, 0.3) is 5.91 Å². The molecule has 0 radical (unpaired) electrons. The van der Waals surface area contributed by atoms with Crippen LogP contribution < -0.4 is 4.74 Å². The molecule has 2 rings (SSSR count). The number of esters is 1. The number of carbonyl (C=O) groups is 2. The fourth-order valence-corrected chi connectivity index (χ4v) is 3.09. The SMILES string of the molecule is COc1ccc(CN(C)C(=O)COC(=O)C(C)Sc2ccccc2)cc1. The summed E-state index contributed by atoms with van der Waals surface area (Å²) in [6.45, 7) is 1.95. The lowest BCUT2D eigenvalue weighted by molar-refractivity contribution is -0.151. The molecule has 2 aromatic rings. The van der Waals surface area contributed by atoms with E-state index in [2.05, 4.69) is 0 Å². The number of ether oxygens (including phenoxy) is 2. The summed E-state index contributed by atoms with van der Waals surface area (Å²) < 4.78 is 10.3. The third-order valence-corrected chi connectivity index (χ3v) is 4.82. The molecule has 5 nitrogen and oxygen atoms in total. The van der Waals surface area contributed by atoms with Gasteiger partial charge in [0.15, 0.2) is 6.61 Å². The number of thioether (sulfide) groups is 1. The van der Waals surface area contributed by atoms with Crippen LogP contribution in [-0.4, -0.2) is 42.8 Å². The molecule has 0 aliphatic heterocycles. The summed E-state index contributed by atoms with van der Waals surface area (Å²) in [5.41, 5.74) is 0.973. The lowest BCUT2D eigenvalue weighted by Crippen LogP contribution is -2.32. The third-order valence-electron chi connectivity index (χ3n) is 3.73. The Morgan fingerprint density at radius 2 is 1.73 bits per heavy atom. The fraction of sp³-hybridized carbons (Fsp3) is 0.300. The molecule has 0 heterocycles. The van der Waals surface area contributed by atoms with Gasteiger partial charge in [0.05, 0.1) is 7.11 Å². The van der Waals surface area contributed by atoms with E-state index in [1.165, 1.54) is 16.7 Å². The van der Waals surface area contributed by atoms with Gasteiger partial charge in [-0.15, -0.1) is 11.8 Å². The predicted octanol–water partition coefficient (Wildman–Crippen LogP) is 3.38. The molecule has 0 saturated carbocycles. The van der Waals surface area contributed by atoms with Crippen molar-refractivity contribution in [2.45, 2.75) is 23.6 Å². The summed E-state index contributed by atoms with van der Waals surface area (Å²) in [6.07, 6.45) is 0. The average molecular weight is 373 g/mol. The van der Waals surface area contributed by atoms with Gasteiger partial charge in [-0.05, 0) is 36.8 Å². The van der Waals surface area contributed by atoms with Gasteiger partial charge >= 0.3 is 5.97 Å². The zero-order valence-corrected chi connectivity index (χ0v) is 16.0. The van der Waals surface area contributed by atoms with Gasteiger partial charge < -0.3 is 14.4 Å². The maximum Gasteiger partial charge on any atom is 0.319 e. The first-order chi connectivity index (χ1) is 12.5. The number of methoxy groups -OCH3 is 1. The van der Waals surface area contributed by atoms with Crippen molar-refractivity contribution in [3.8, 4) is 5.75 Å². The Balaban J connectivity index is 1.78. The molecule has 138 valence electrons. The number of hydrogen-bond acceptors (Lipinski definition) is 5. The fourth-order valence-electron chi connectivity index (χ4n) is 2.20. The van der Waals surface area contributed by atoms with Gasteiger partial charge in [-0.2, -0.15) is 0 Å². The maximum absolute atomic E-state index is 12.2. The van der Waals surface area contributed by atoms with E-state index in [0.29, 0.717) is 6.54 Å². The number of hydrogen-bond donors (Lipinski definition) is 0. The number of amides is 1. The molecule has 0 aromatic heterocycles. The summed E-state index contributed by atoms with van der Waals surface area (Å²) in [6, 6.07) is 17.1. The Kier molecular flexibility index (Phi) is 7.53. The lowest BCUT2D eigenvalue weighted by atomic mass is 10.2. The number of carbonyl (C=O) groups excluding carboxylic acids is 2. The minimum absolute atomic E-state index is 0.244. The summed E-state index contributed by atoms with van der Waals surface area (Å²) >= 11 is 1.41. The van der Waals surface area contributed by atoms with Crippen molar-refractivity contribution in [2.24, 2.45) is 0 Å². The molecular formula is C20H23NO4S. The summed E-state index contributed by atoms with van der Waals surface area (Å²) in [4.78, 5) is 26.8. The lowest BCUT2D eigenvalue weighted by Gasteiger charge is -2.18.